The average molecular weight is 345 g/mol. The maximum Gasteiger partial charge on any atom is 0.274 e. The lowest BCUT2D eigenvalue weighted by Crippen LogP contribution is -2.42. The minimum atomic E-state index is 0.00686. The van der Waals surface area contributed by atoms with E-state index in [1.807, 2.05) is 20.3 Å². The highest BCUT2D eigenvalue weighted by Gasteiger charge is 2.26. The van der Waals surface area contributed by atoms with Crippen LogP contribution in [0, 0.1) is 0 Å². The first-order chi connectivity index (χ1) is 12.2. The Bertz CT molecular complexity index is 721. The predicted molar refractivity (Wildman–Crippen MR) is 88.8 cm³/mol. The van der Waals surface area contributed by atoms with Crippen LogP contribution in [-0.4, -0.2) is 79.1 Å². The fourth-order valence-electron chi connectivity index (χ4n) is 3.41. The van der Waals surface area contributed by atoms with Gasteiger partial charge in [-0.2, -0.15) is 10.2 Å². The zero-order valence-corrected chi connectivity index (χ0v) is 14.4. The molecule has 0 saturated carbocycles. The monoisotopic (exact) mass is 345 g/mol. The smallest absolute Gasteiger partial charge is 0.274 e. The summed E-state index contributed by atoms with van der Waals surface area (Å²) in [5.41, 5.74) is 1.64. The first-order valence-corrected chi connectivity index (χ1v) is 8.71. The zero-order chi connectivity index (χ0) is 17.2. The van der Waals surface area contributed by atoms with E-state index < -0.39 is 0 Å². The normalized spacial score (nSPS) is 19.6. The van der Waals surface area contributed by atoms with Crippen LogP contribution in [0.1, 0.15) is 23.1 Å². The van der Waals surface area contributed by atoms with Crippen LogP contribution in [0.25, 0.3) is 0 Å². The second-order valence-corrected chi connectivity index (χ2v) is 6.59. The number of carbonyl (C=O) groups excluding carboxylic acids is 1. The molecule has 0 aromatic carbocycles. The van der Waals surface area contributed by atoms with E-state index in [4.69, 9.17) is 4.74 Å². The molecule has 1 saturated heterocycles. The van der Waals surface area contributed by atoms with E-state index in [-0.39, 0.29) is 5.91 Å². The molecule has 25 heavy (non-hydrogen) atoms. The lowest BCUT2D eigenvalue weighted by Gasteiger charge is -2.32. The number of morpholine rings is 1. The Morgan fingerprint density at radius 1 is 1.28 bits per heavy atom. The zero-order valence-electron chi connectivity index (χ0n) is 14.4. The Morgan fingerprint density at radius 3 is 2.88 bits per heavy atom. The largest absolute Gasteiger partial charge is 0.378 e. The van der Waals surface area contributed by atoms with Gasteiger partial charge in [-0.05, 0) is 13.0 Å². The van der Waals surface area contributed by atoms with E-state index in [9.17, 15) is 4.79 Å². The fourth-order valence-corrected chi connectivity index (χ4v) is 3.41. The van der Waals surface area contributed by atoms with Crippen LogP contribution in [0.4, 0.5) is 0 Å². The molecular formula is C16H23N7O2. The van der Waals surface area contributed by atoms with Crippen molar-refractivity contribution in [3.05, 3.63) is 30.1 Å². The van der Waals surface area contributed by atoms with Crippen molar-refractivity contribution >= 4 is 5.91 Å². The molecule has 2 aromatic heterocycles. The Balaban J connectivity index is 1.42. The molecule has 9 nitrogen and oxygen atoms in total. The van der Waals surface area contributed by atoms with E-state index >= 15 is 0 Å². The number of carbonyl (C=O) groups is 1. The molecule has 1 unspecified atom stereocenters. The molecule has 134 valence electrons. The van der Waals surface area contributed by atoms with Gasteiger partial charge in [-0.3, -0.25) is 19.1 Å². The Labute approximate surface area is 146 Å². The number of hydrogen-bond acceptors (Lipinski definition) is 6. The molecule has 1 fully saturated rings. The highest BCUT2D eigenvalue weighted by atomic mass is 16.5. The van der Waals surface area contributed by atoms with E-state index in [0.717, 1.165) is 31.9 Å². The summed E-state index contributed by atoms with van der Waals surface area (Å²) in [6.07, 6.45) is 3.30. The van der Waals surface area contributed by atoms with Gasteiger partial charge in [0.25, 0.3) is 5.91 Å². The quantitative estimate of drug-likeness (QED) is 0.767. The van der Waals surface area contributed by atoms with E-state index in [2.05, 4.69) is 27.0 Å². The third-order valence-electron chi connectivity index (χ3n) is 4.89. The third kappa shape index (κ3) is 3.42. The fraction of sp³-hybridized carbons (Fsp3) is 0.625. The van der Waals surface area contributed by atoms with Crippen molar-refractivity contribution in [2.45, 2.75) is 32.6 Å². The van der Waals surface area contributed by atoms with Crippen LogP contribution in [0.3, 0.4) is 0 Å². The predicted octanol–water partition coefficient (Wildman–Crippen LogP) is -0.149. The van der Waals surface area contributed by atoms with Crippen LogP contribution in [0.5, 0.6) is 0 Å². The molecule has 0 radical (unpaired) electrons. The van der Waals surface area contributed by atoms with Gasteiger partial charge in [0, 0.05) is 32.2 Å². The van der Waals surface area contributed by atoms with Crippen molar-refractivity contribution < 1.29 is 9.53 Å². The van der Waals surface area contributed by atoms with Gasteiger partial charge in [0.2, 0.25) is 0 Å². The summed E-state index contributed by atoms with van der Waals surface area (Å²) in [6.45, 7) is 7.98. The second kappa shape index (κ2) is 6.93. The van der Waals surface area contributed by atoms with Gasteiger partial charge in [-0.1, -0.05) is 0 Å². The molecule has 4 rings (SSSR count). The number of hydrogen-bond donors (Lipinski definition) is 0. The summed E-state index contributed by atoms with van der Waals surface area (Å²) in [5.74, 6) is 0.00686. The first-order valence-electron chi connectivity index (χ1n) is 8.71. The molecule has 0 spiro atoms. The Morgan fingerprint density at radius 2 is 2.12 bits per heavy atom. The minimum absolute atomic E-state index is 0.00686. The minimum Gasteiger partial charge on any atom is -0.378 e. The molecule has 1 amide bonds. The summed E-state index contributed by atoms with van der Waals surface area (Å²) in [7, 11) is 0. The summed E-state index contributed by atoms with van der Waals surface area (Å²) in [4.78, 5) is 20.8. The average Bonchev–Trinajstić information content (AvgIpc) is 3.30. The number of amides is 1. The molecule has 4 heterocycles. The summed E-state index contributed by atoms with van der Waals surface area (Å²) in [5, 5.41) is 8.70. The van der Waals surface area contributed by atoms with Crippen LogP contribution < -0.4 is 0 Å². The molecule has 2 aliphatic heterocycles. The molecular weight excluding hydrogens is 322 g/mol. The van der Waals surface area contributed by atoms with E-state index in [1.165, 1.54) is 0 Å². The van der Waals surface area contributed by atoms with Crippen molar-refractivity contribution in [3.63, 3.8) is 0 Å². The van der Waals surface area contributed by atoms with E-state index in [0.29, 0.717) is 38.0 Å². The van der Waals surface area contributed by atoms with Gasteiger partial charge < -0.3 is 9.64 Å². The maximum atomic E-state index is 12.6. The van der Waals surface area contributed by atoms with Gasteiger partial charge >= 0.3 is 0 Å². The Kier molecular flexibility index (Phi) is 4.50. The molecule has 1 atom stereocenters. The molecule has 2 aliphatic rings. The van der Waals surface area contributed by atoms with Gasteiger partial charge in [0.1, 0.15) is 12.7 Å². The van der Waals surface area contributed by atoms with Crippen LogP contribution in [0.2, 0.25) is 0 Å². The number of fused-ring (bicyclic) bond motifs is 1. The van der Waals surface area contributed by atoms with Crippen LogP contribution in [0.15, 0.2) is 18.7 Å². The first kappa shape index (κ1) is 16.2. The second-order valence-electron chi connectivity index (χ2n) is 6.59. The Hall–Kier alpha value is -2.26. The summed E-state index contributed by atoms with van der Waals surface area (Å²) >= 11 is 0. The summed E-state index contributed by atoms with van der Waals surface area (Å²) < 4.78 is 9.13. The van der Waals surface area contributed by atoms with Gasteiger partial charge in [-0.15, -0.1) is 0 Å². The topological polar surface area (TPSA) is 81.3 Å². The third-order valence-corrected chi connectivity index (χ3v) is 4.89. The molecule has 0 aliphatic carbocycles. The molecule has 9 heteroatoms. The highest BCUT2D eigenvalue weighted by Crippen LogP contribution is 2.18. The number of aromatic nitrogens is 5. The SMILES string of the molecule is CC(Cn1cncn1)N1CCn2nc(C(=O)N3CCOCC3)cc2C1. The van der Waals surface area contributed by atoms with Crippen molar-refractivity contribution in [2.75, 3.05) is 32.8 Å². The van der Waals surface area contributed by atoms with E-state index in [1.54, 1.807) is 12.7 Å². The van der Waals surface area contributed by atoms with Crippen molar-refractivity contribution in [1.29, 1.82) is 0 Å². The highest BCUT2D eigenvalue weighted by molar-refractivity contribution is 5.92. The van der Waals surface area contributed by atoms with Crippen molar-refractivity contribution in [2.24, 2.45) is 0 Å². The molecule has 2 aromatic rings. The molecule has 0 bridgehead atoms. The van der Waals surface area contributed by atoms with Crippen molar-refractivity contribution in [3.8, 4) is 0 Å². The van der Waals surface area contributed by atoms with Gasteiger partial charge in [-0.25, -0.2) is 4.98 Å². The van der Waals surface area contributed by atoms with Gasteiger partial charge in [0.15, 0.2) is 5.69 Å². The maximum absolute atomic E-state index is 12.6. The number of ether oxygens (including phenoxy) is 1. The summed E-state index contributed by atoms with van der Waals surface area (Å²) in [6, 6.07) is 2.27. The van der Waals surface area contributed by atoms with Crippen LogP contribution in [-0.2, 0) is 24.4 Å². The van der Waals surface area contributed by atoms with Crippen molar-refractivity contribution in [1.82, 2.24) is 34.3 Å². The lowest BCUT2D eigenvalue weighted by atomic mass is 10.2. The lowest BCUT2D eigenvalue weighted by molar-refractivity contribution is 0.0298. The van der Waals surface area contributed by atoms with Gasteiger partial charge in [0.05, 0.1) is 32.0 Å². The number of rotatable bonds is 4. The van der Waals surface area contributed by atoms with Crippen LogP contribution >= 0.6 is 0 Å². The number of nitrogens with zero attached hydrogens (tertiary/aromatic N) is 7. The molecule has 0 N–H and O–H groups in total. The standard InChI is InChI=1S/C16H23N7O2/c1-13(9-22-12-17-11-18-22)21-2-3-23-14(10-21)8-15(19-23)16(24)20-4-6-25-7-5-20/h8,11-13H,2-7,9-10H2,1H3.